The highest BCUT2D eigenvalue weighted by molar-refractivity contribution is 7.89. The molecule has 2 aromatic carbocycles. The highest BCUT2D eigenvalue weighted by Gasteiger charge is 2.45. The fourth-order valence-corrected chi connectivity index (χ4v) is 7.40. The molecule has 0 spiro atoms. The molecular formula is C27H37N3O4S. The number of aryl methyl sites for hydroxylation is 1. The number of anilines is 1. The van der Waals surface area contributed by atoms with Gasteiger partial charge in [-0.2, -0.15) is 4.31 Å². The van der Waals surface area contributed by atoms with Gasteiger partial charge < -0.3 is 14.7 Å². The van der Waals surface area contributed by atoms with Crippen LogP contribution in [0.3, 0.4) is 0 Å². The lowest BCUT2D eigenvalue weighted by atomic mass is 9.78. The van der Waals surface area contributed by atoms with Crippen molar-refractivity contribution in [3.05, 3.63) is 59.2 Å². The maximum Gasteiger partial charge on any atom is 0.243 e. The first-order chi connectivity index (χ1) is 16.8. The molecule has 2 aromatic rings. The minimum absolute atomic E-state index is 0.135. The number of benzene rings is 2. The van der Waals surface area contributed by atoms with Gasteiger partial charge in [0.1, 0.15) is 0 Å². The molecule has 7 nitrogen and oxygen atoms in total. The van der Waals surface area contributed by atoms with Crippen molar-refractivity contribution in [2.24, 2.45) is 5.92 Å². The Kier molecular flexibility index (Phi) is 6.94. The summed E-state index contributed by atoms with van der Waals surface area (Å²) >= 11 is 0. The van der Waals surface area contributed by atoms with Crippen LogP contribution in [-0.2, 0) is 21.2 Å². The smallest absolute Gasteiger partial charge is 0.243 e. The molecule has 2 saturated heterocycles. The van der Waals surface area contributed by atoms with Gasteiger partial charge in [-0.25, -0.2) is 8.42 Å². The molecule has 190 valence electrons. The van der Waals surface area contributed by atoms with Crippen molar-refractivity contribution >= 4 is 15.7 Å². The summed E-state index contributed by atoms with van der Waals surface area (Å²) in [5.41, 5.74) is 4.89. The minimum atomic E-state index is -3.68. The molecule has 3 aliphatic heterocycles. The normalized spacial score (nSPS) is 26.3. The number of aliphatic hydroxyl groups excluding tert-OH is 1. The standard InChI is InChI=1S/C27H37N3O4S/c1-19-4-8-23(9-5-19)35(32,33)28(3)26-17-27-24-16-22(29-12-14-34-15-13-29)7-6-21(24)10-11-30(27)18-25(26)20(2)31/h4-9,16,20,25-27,31H,10-15,17-18H2,1-3H3/t20-,25-,26-,27-/m0/s1. The highest BCUT2D eigenvalue weighted by Crippen LogP contribution is 2.43. The topological polar surface area (TPSA) is 73.3 Å². The van der Waals surface area contributed by atoms with E-state index in [0.29, 0.717) is 17.9 Å². The van der Waals surface area contributed by atoms with Crippen LogP contribution in [0.4, 0.5) is 5.69 Å². The number of hydrogen-bond donors (Lipinski definition) is 1. The summed E-state index contributed by atoms with van der Waals surface area (Å²) in [4.78, 5) is 5.12. The molecule has 5 rings (SSSR count). The third-order valence-electron chi connectivity index (χ3n) is 8.16. The van der Waals surface area contributed by atoms with Crippen molar-refractivity contribution < 1.29 is 18.3 Å². The third kappa shape index (κ3) is 4.74. The SMILES string of the molecule is Cc1ccc(S(=O)(=O)N(C)[C@H]2C[C@H]3c4cc(N5CCOCC5)ccc4CCN3C[C@H]2[C@H](C)O)cc1. The van der Waals surface area contributed by atoms with Gasteiger partial charge in [0.15, 0.2) is 0 Å². The van der Waals surface area contributed by atoms with Crippen molar-refractivity contribution in [2.45, 2.75) is 49.8 Å². The summed E-state index contributed by atoms with van der Waals surface area (Å²) in [5, 5.41) is 10.7. The summed E-state index contributed by atoms with van der Waals surface area (Å²) in [6.07, 6.45) is 1.04. The minimum Gasteiger partial charge on any atom is -0.393 e. The van der Waals surface area contributed by atoms with Gasteiger partial charge in [0, 0.05) is 56.9 Å². The fraction of sp³-hybridized carbons (Fsp3) is 0.556. The Hall–Kier alpha value is -1.97. The Labute approximate surface area is 209 Å². The van der Waals surface area contributed by atoms with Crippen molar-refractivity contribution in [3.8, 4) is 0 Å². The van der Waals surface area contributed by atoms with Crippen LogP contribution in [0.1, 0.15) is 36.1 Å². The lowest BCUT2D eigenvalue weighted by Gasteiger charge is -2.50. The zero-order valence-corrected chi connectivity index (χ0v) is 21.7. The molecular weight excluding hydrogens is 462 g/mol. The molecule has 0 bridgehead atoms. The van der Waals surface area contributed by atoms with E-state index < -0.39 is 16.1 Å². The zero-order chi connectivity index (χ0) is 24.7. The van der Waals surface area contributed by atoms with Crippen molar-refractivity contribution in [1.82, 2.24) is 9.21 Å². The van der Waals surface area contributed by atoms with Crippen molar-refractivity contribution in [1.29, 1.82) is 0 Å². The number of rotatable bonds is 5. The summed E-state index contributed by atoms with van der Waals surface area (Å²) in [5.74, 6) is -0.152. The first-order valence-corrected chi connectivity index (χ1v) is 14.1. The van der Waals surface area contributed by atoms with E-state index in [2.05, 4.69) is 28.0 Å². The van der Waals surface area contributed by atoms with E-state index in [1.165, 1.54) is 21.1 Å². The van der Waals surface area contributed by atoms with E-state index >= 15 is 0 Å². The molecule has 0 aromatic heterocycles. The summed E-state index contributed by atoms with van der Waals surface area (Å²) < 4.78 is 34.2. The Balaban J connectivity index is 1.47. The average molecular weight is 500 g/mol. The van der Waals surface area contributed by atoms with Gasteiger partial charge in [-0.1, -0.05) is 23.8 Å². The molecule has 3 heterocycles. The van der Waals surface area contributed by atoms with Crippen molar-refractivity contribution in [3.63, 3.8) is 0 Å². The van der Waals surface area contributed by atoms with Crippen LogP contribution in [0.2, 0.25) is 0 Å². The molecule has 35 heavy (non-hydrogen) atoms. The third-order valence-corrected chi connectivity index (χ3v) is 10.1. The monoisotopic (exact) mass is 499 g/mol. The van der Waals surface area contributed by atoms with Gasteiger partial charge in [-0.3, -0.25) is 4.90 Å². The lowest BCUT2D eigenvalue weighted by Crippen LogP contribution is -2.56. The van der Waals surface area contributed by atoms with E-state index in [4.69, 9.17) is 4.74 Å². The molecule has 0 amide bonds. The number of fused-ring (bicyclic) bond motifs is 3. The van der Waals surface area contributed by atoms with E-state index in [0.717, 1.165) is 44.8 Å². The van der Waals surface area contributed by atoms with Crippen molar-refractivity contribution in [2.75, 3.05) is 51.3 Å². The van der Waals surface area contributed by atoms with Crippen LogP contribution in [0.5, 0.6) is 0 Å². The second kappa shape index (κ2) is 9.82. The summed E-state index contributed by atoms with van der Waals surface area (Å²) in [7, 11) is -2.00. The van der Waals surface area contributed by atoms with E-state index in [9.17, 15) is 13.5 Å². The van der Waals surface area contributed by atoms with E-state index in [-0.39, 0.29) is 18.0 Å². The number of nitrogens with zero attached hydrogens (tertiary/aromatic N) is 3. The van der Waals surface area contributed by atoms with Gasteiger partial charge in [-0.15, -0.1) is 0 Å². The summed E-state index contributed by atoms with van der Waals surface area (Å²) in [6, 6.07) is 13.6. The van der Waals surface area contributed by atoms with Crippen LogP contribution in [0.15, 0.2) is 47.4 Å². The van der Waals surface area contributed by atoms with Crippen LogP contribution in [0.25, 0.3) is 0 Å². The van der Waals surface area contributed by atoms with Gasteiger partial charge in [0.2, 0.25) is 10.0 Å². The van der Waals surface area contributed by atoms with Crippen LogP contribution >= 0.6 is 0 Å². The van der Waals surface area contributed by atoms with Crippen LogP contribution in [-0.4, -0.2) is 81.3 Å². The Morgan fingerprint density at radius 2 is 1.80 bits per heavy atom. The number of piperidine rings is 1. The number of aliphatic hydroxyl groups is 1. The second-order valence-electron chi connectivity index (χ2n) is 10.3. The lowest BCUT2D eigenvalue weighted by molar-refractivity contribution is -0.00982. The maximum atomic E-state index is 13.6. The predicted molar refractivity (Wildman–Crippen MR) is 137 cm³/mol. The Bertz CT molecular complexity index is 1150. The molecule has 0 saturated carbocycles. The van der Waals surface area contributed by atoms with E-state index in [1.807, 2.05) is 19.1 Å². The molecule has 8 heteroatoms. The number of ether oxygens (including phenoxy) is 1. The largest absolute Gasteiger partial charge is 0.393 e. The molecule has 0 radical (unpaired) electrons. The first-order valence-electron chi connectivity index (χ1n) is 12.7. The van der Waals surface area contributed by atoms with Gasteiger partial charge in [0.25, 0.3) is 0 Å². The quantitative estimate of drug-likeness (QED) is 0.682. The van der Waals surface area contributed by atoms with Crippen LogP contribution in [0, 0.1) is 12.8 Å². The molecule has 0 aliphatic carbocycles. The number of hydrogen-bond acceptors (Lipinski definition) is 6. The van der Waals surface area contributed by atoms with Gasteiger partial charge in [0.05, 0.1) is 24.2 Å². The molecule has 0 unspecified atom stereocenters. The average Bonchev–Trinajstić information content (AvgIpc) is 2.87. The zero-order valence-electron chi connectivity index (χ0n) is 20.9. The van der Waals surface area contributed by atoms with E-state index in [1.54, 1.807) is 26.1 Å². The fourth-order valence-electron chi connectivity index (χ4n) is 5.99. The molecule has 3 aliphatic rings. The highest BCUT2D eigenvalue weighted by atomic mass is 32.2. The molecule has 4 atom stereocenters. The second-order valence-corrected chi connectivity index (χ2v) is 12.3. The predicted octanol–water partition coefficient (Wildman–Crippen LogP) is 2.82. The van der Waals surface area contributed by atoms with Gasteiger partial charge in [-0.05, 0) is 62.1 Å². The first kappa shape index (κ1) is 24.7. The van der Waals surface area contributed by atoms with Gasteiger partial charge >= 0.3 is 0 Å². The number of morpholine rings is 1. The molecule has 1 N–H and O–H groups in total. The molecule has 2 fully saturated rings. The Morgan fingerprint density at radius 3 is 2.49 bits per heavy atom. The van der Waals surface area contributed by atoms with Crippen LogP contribution < -0.4 is 4.90 Å². The Morgan fingerprint density at radius 1 is 1.09 bits per heavy atom. The number of sulfonamides is 1. The summed E-state index contributed by atoms with van der Waals surface area (Å²) in [6.45, 7) is 8.61. The maximum absolute atomic E-state index is 13.6.